The van der Waals surface area contributed by atoms with Crippen LogP contribution >= 0.6 is 0 Å². The number of carbonyl (C=O) groups is 1. The maximum absolute atomic E-state index is 13.1. The van der Waals surface area contributed by atoms with Gasteiger partial charge in [-0.05, 0) is 30.3 Å². The molecule has 1 amide bonds. The minimum Gasteiger partial charge on any atom is -0.481 e. The molecule has 0 radical (unpaired) electrons. The Bertz CT molecular complexity index is 1080. The number of para-hydroxylation sites is 2. The number of rotatable bonds is 5. The van der Waals surface area contributed by atoms with Crippen LogP contribution in [0.1, 0.15) is 5.56 Å². The molecule has 6 nitrogen and oxygen atoms in total. The maximum atomic E-state index is 13.1. The lowest BCUT2D eigenvalue weighted by molar-refractivity contribution is -0.137. The molecule has 0 bridgehead atoms. The van der Waals surface area contributed by atoms with E-state index in [1.807, 2.05) is 18.2 Å². The summed E-state index contributed by atoms with van der Waals surface area (Å²) in [7, 11) is 0. The van der Waals surface area contributed by atoms with Crippen LogP contribution in [0, 0.1) is 0 Å². The predicted octanol–water partition coefficient (Wildman–Crippen LogP) is 4.11. The smallest absolute Gasteiger partial charge is 0.418 e. The van der Waals surface area contributed by atoms with Gasteiger partial charge in [0.05, 0.1) is 24.5 Å². The van der Waals surface area contributed by atoms with Crippen LogP contribution in [-0.2, 0) is 15.7 Å². The van der Waals surface area contributed by atoms with Crippen molar-refractivity contribution < 1.29 is 27.4 Å². The summed E-state index contributed by atoms with van der Waals surface area (Å²) in [5, 5.41) is 3.10. The van der Waals surface area contributed by atoms with E-state index in [9.17, 15) is 18.0 Å². The number of anilines is 2. The van der Waals surface area contributed by atoms with Gasteiger partial charge in [-0.15, -0.1) is 0 Å². The third-order valence-electron chi connectivity index (χ3n) is 4.87. The normalized spacial score (nSPS) is 14.5. The fraction of sp³-hybridized carbons (Fsp3) is 0.273. The van der Waals surface area contributed by atoms with Gasteiger partial charge in [0.25, 0.3) is 5.91 Å². The van der Waals surface area contributed by atoms with Crippen molar-refractivity contribution in [2.24, 2.45) is 0 Å². The minimum atomic E-state index is -4.57. The first-order valence-electron chi connectivity index (χ1n) is 9.73. The van der Waals surface area contributed by atoms with Crippen LogP contribution in [0.2, 0.25) is 0 Å². The Balaban J connectivity index is 1.49. The number of aromatic nitrogens is 1. The fourth-order valence-corrected chi connectivity index (χ4v) is 3.36. The van der Waals surface area contributed by atoms with E-state index >= 15 is 0 Å². The van der Waals surface area contributed by atoms with E-state index < -0.39 is 24.3 Å². The molecular formula is C22H20F3N3O3. The highest BCUT2D eigenvalue weighted by Crippen LogP contribution is 2.34. The summed E-state index contributed by atoms with van der Waals surface area (Å²) in [5.74, 6) is 0.459. The fourth-order valence-electron chi connectivity index (χ4n) is 3.36. The van der Waals surface area contributed by atoms with Gasteiger partial charge in [-0.2, -0.15) is 13.2 Å². The number of nitrogens with one attached hydrogen (secondary N) is 1. The van der Waals surface area contributed by atoms with Crippen molar-refractivity contribution >= 4 is 28.3 Å². The highest BCUT2D eigenvalue weighted by Gasteiger charge is 2.33. The number of ether oxygens (including phenoxy) is 2. The van der Waals surface area contributed by atoms with Gasteiger partial charge >= 0.3 is 6.18 Å². The molecule has 4 rings (SSSR count). The van der Waals surface area contributed by atoms with Crippen LogP contribution in [0.25, 0.3) is 10.9 Å². The molecule has 1 aliphatic heterocycles. The van der Waals surface area contributed by atoms with E-state index in [0.29, 0.717) is 24.5 Å². The second-order valence-corrected chi connectivity index (χ2v) is 6.98. The van der Waals surface area contributed by atoms with Crippen LogP contribution in [0.15, 0.2) is 54.6 Å². The van der Waals surface area contributed by atoms with Crippen LogP contribution in [-0.4, -0.2) is 43.8 Å². The highest BCUT2D eigenvalue weighted by atomic mass is 19.4. The van der Waals surface area contributed by atoms with Crippen LogP contribution in [0.5, 0.6) is 5.75 Å². The molecule has 0 atom stereocenters. The van der Waals surface area contributed by atoms with E-state index in [0.717, 1.165) is 30.4 Å². The van der Waals surface area contributed by atoms with Crippen molar-refractivity contribution in [1.29, 1.82) is 0 Å². The molecule has 0 saturated carbocycles. The summed E-state index contributed by atoms with van der Waals surface area (Å²) in [6.07, 6.45) is -4.57. The maximum Gasteiger partial charge on any atom is 0.418 e. The minimum absolute atomic E-state index is 0.311. The standard InChI is InChI=1S/C22H20F3N3O3/c23-22(24,25)16-5-1-2-6-17(16)26-20(29)14-31-18-7-3-4-15-8-9-19(27-21(15)18)28-10-12-30-13-11-28/h1-9H,10-14H2,(H,26,29). The van der Waals surface area contributed by atoms with Crippen molar-refractivity contribution in [2.75, 3.05) is 43.1 Å². The number of pyridine rings is 1. The molecule has 3 aromatic rings. The zero-order valence-corrected chi connectivity index (χ0v) is 16.5. The molecule has 9 heteroatoms. The number of fused-ring (bicyclic) bond motifs is 1. The SMILES string of the molecule is O=C(COc1cccc2ccc(N3CCOCC3)nc12)Nc1ccccc1C(F)(F)F. The van der Waals surface area contributed by atoms with Gasteiger partial charge in [0.2, 0.25) is 0 Å². The van der Waals surface area contributed by atoms with Gasteiger partial charge in [0.1, 0.15) is 17.1 Å². The van der Waals surface area contributed by atoms with E-state index in [1.54, 1.807) is 12.1 Å². The topological polar surface area (TPSA) is 63.7 Å². The van der Waals surface area contributed by atoms with E-state index in [4.69, 9.17) is 9.47 Å². The number of amides is 1. The lowest BCUT2D eigenvalue weighted by Crippen LogP contribution is -2.36. The van der Waals surface area contributed by atoms with Gasteiger partial charge in [-0.25, -0.2) is 4.98 Å². The number of hydrogen-bond acceptors (Lipinski definition) is 5. The molecule has 1 aliphatic rings. The number of alkyl halides is 3. The zero-order valence-electron chi connectivity index (χ0n) is 16.5. The average molecular weight is 431 g/mol. The first kappa shape index (κ1) is 20.9. The van der Waals surface area contributed by atoms with E-state index in [2.05, 4.69) is 15.2 Å². The largest absolute Gasteiger partial charge is 0.481 e. The number of benzene rings is 2. The number of halogens is 3. The Hall–Kier alpha value is -3.33. The lowest BCUT2D eigenvalue weighted by Gasteiger charge is -2.28. The molecule has 0 aliphatic carbocycles. The number of morpholine rings is 1. The molecule has 1 fully saturated rings. The van der Waals surface area contributed by atoms with Crippen molar-refractivity contribution in [3.05, 3.63) is 60.2 Å². The third-order valence-corrected chi connectivity index (χ3v) is 4.87. The summed E-state index contributed by atoms with van der Waals surface area (Å²) in [6, 6.07) is 14.0. The molecule has 162 valence electrons. The molecule has 1 saturated heterocycles. The Morgan fingerprint density at radius 2 is 1.84 bits per heavy atom. The van der Waals surface area contributed by atoms with Gasteiger partial charge in [-0.3, -0.25) is 4.79 Å². The van der Waals surface area contributed by atoms with Crippen LogP contribution in [0.4, 0.5) is 24.7 Å². The first-order chi connectivity index (χ1) is 14.9. The van der Waals surface area contributed by atoms with Crippen molar-refractivity contribution in [1.82, 2.24) is 4.98 Å². The Morgan fingerprint density at radius 3 is 2.61 bits per heavy atom. The van der Waals surface area contributed by atoms with Gasteiger partial charge in [0, 0.05) is 18.5 Å². The highest BCUT2D eigenvalue weighted by molar-refractivity contribution is 5.93. The number of nitrogens with zero attached hydrogens (tertiary/aromatic N) is 2. The van der Waals surface area contributed by atoms with Crippen LogP contribution < -0.4 is 15.0 Å². The molecule has 0 spiro atoms. The number of hydrogen-bond donors (Lipinski definition) is 1. The molecule has 31 heavy (non-hydrogen) atoms. The van der Waals surface area contributed by atoms with Crippen molar-refractivity contribution in [3.8, 4) is 5.75 Å². The first-order valence-corrected chi connectivity index (χ1v) is 9.73. The summed E-state index contributed by atoms with van der Waals surface area (Å²) in [4.78, 5) is 19.0. The van der Waals surface area contributed by atoms with Crippen molar-refractivity contribution in [2.45, 2.75) is 6.18 Å². The van der Waals surface area contributed by atoms with Crippen LogP contribution in [0.3, 0.4) is 0 Å². The molecule has 0 unspecified atom stereocenters. The Labute approximate surface area is 176 Å². The van der Waals surface area contributed by atoms with Gasteiger partial charge in [-0.1, -0.05) is 24.3 Å². The summed E-state index contributed by atoms with van der Waals surface area (Å²) in [5.41, 5.74) is -0.644. The second-order valence-electron chi connectivity index (χ2n) is 6.98. The molecule has 1 aromatic heterocycles. The lowest BCUT2D eigenvalue weighted by atomic mass is 10.1. The van der Waals surface area contributed by atoms with Gasteiger partial charge < -0.3 is 19.7 Å². The summed E-state index contributed by atoms with van der Waals surface area (Å²) in [6.45, 7) is 2.24. The summed E-state index contributed by atoms with van der Waals surface area (Å²) >= 11 is 0. The second kappa shape index (κ2) is 8.81. The predicted molar refractivity (Wildman–Crippen MR) is 110 cm³/mol. The molecule has 1 N–H and O–H groups in total. The van der Waals surface area contributed by atoms with Gasteiger partial charge in [0.15, 0.2) is 6.61 Å². The molecule has 2 aromatic carbocycles. The van der Waals surface area contributed by atoms with Crippen molar-refractivity contribution in [3.63, 3.8) is 0 Å². The summed E-state index contributed by atoms with van der Waals surface area (Å²) < 4.78 is 50.3. The number of carbonyl (C=O) groups excluding carboxylic acids is 1. The molecular weight excluding hydrogens is 411 g/mol. The quantitative estimate of drug-likeness (QED) is 0.659. The third kappa shape index (κ3) is 4.88. The van der Waals surface area contributed by atoms with E-state index in [-0.39, 0.29) is 5.69 Å². The monoisotopic (exact) mass is 431 g/mol. The average Bonchev–Trinajstić information content (AvgIpc) is 2.77. The van der Waals surface area contributed by atoms with E-state index in [1.165, 1.54) is 18.2 Å². The zero-order chi connectivity index (χ0) is 21.8. The molecule has 2 heterocycles. The Kier molecular flexibility index (Phi) is 5.94. The Morgan fingerprint density at radius 1 is 1.06 bits per heavy atom.